The van der Waals surface area contributed by atoms with E-state index in [4.69, 9.17) is 14.2 Å². The van der Waals surface area contributed by atoms with Crippen LogP contribution in [0.4, 0.5) is 5.69 Å². The summed E-state index contributed by atoms with van der Waals surface area (Å²) in [5, 5.41) is 10.4. The molecule has 0 spiro atoms. The van der Waals surface area contributed by atoms with Crippen LogP contribution in [0.5, 0.6) is 23.0 Å². The van der Waals surface area contributed by atoms with Crippen molar-refractivity contribution in [1.82, 2.24) is 0 Å². The number of esters is 1. The first-order valence-corrected chi connectivity index (χ1v) is 13.0. The van der Waals surface area contributed by atoms with Crippen LogP contribution in [0, 0.1) is 0 Å². The lowest BCUT2D eigenvalue weighted by Crippen LogP contribution is -2.09. The highest BCUT2D eigenvalue weighted by Crippen LogP contribution is 2.30. The molecule has 0 unspecified atom stereocenters. The maximum Gasteiger partial charge on any atom is 0.343 e. The number of methoxy groups -OCH3 is 1. The molecule has 6 heteroatoms. The Labute approximate surface area is 219 Å². The van der Waals surface area contributed by atoms with Gasteiger partial charge in [0.15, 0.2) is 11.5 Å². The van der Waals surface area contributed by atoms with Gasteiger partial charge in [-0.25, -0.2) is 4.79 Å². The van der Waals surface area contributed by atoms with Crippen LogP contribution in [0.25, 0.3) is 0 Å². The summed E-state index contributed by atoms with van der Waals surface area (Å²) in [4.78, 5) is 17.2. The summed E-state index contributed by atoms with van der Waals surface area (Å²) >= 11 is 0. The monoisotopic (exact) mass is 503 g/mol. The Morgan fingerprint density at radius 1 is 0.892 bits per heavy atom. The van der Waals surface area contributed by atoms with Gasteiger partial charge in [-0.05, 0) is 67.3 Å². The second-order valence-corrected chi connectivity index (χ2v) is 8.91. The van der Waals surface area contributed by atoms with Gasteiger partial charge >= 0.3 is 5.97 Å². The van der Waals surface area contributed by atoms with E-state index in [0.29, 0.717) is 29.2 Å². The molecule has 0 radical (unpaired) electrons. The van der Waals surface area contributed by atoms with Gasteiger partial charge in [-0.3, -0.25) is 4.99 Å². The third-order valence-corrected chi connectivity index (χ3v) is 5.98. The van der Waals surface area contributed by atoms with Crippen LogP contribution < -0.4 is 14.2 Å². The lowest BCUT2D eigenvalue weighted by Gasteiger charge is -2.12. The predicted molar refractivity (Wildman–Crippen MR) is 148 cm³/mol. The van der Waals surface area contributed by atoms with E-state index < -0.39 is 5.97 Å². The quantitative estimate of drug-likeness (QED) is 0.106. The molecule has 3 aromatic carbocycles. The third kappa shape index (κ3) is 8.67. The number of aromatic hydroxyl groups is 1. The number of carbonyl (C=O) groups is 1. The zero-order valence-electron chi connectivity index (χ0n) is 22.0. The summed E-state index contributed by atoms with van der Waals surface area (Å²) in [5.74, 6) is 0.713. The molecule has 0 aliphatic rings. The number of aryl methyl sites for hydroxylation is 1. The zero-order chi connectivity index (χ0) is 26.5. The van der Waals surface area contributed by atoms with E-state index in [1.54, 1.807) is 43.7 Å². The van der Waals surface area contributed by atoms with E-state index in [2.05, 4.69) is 31.0 Å². The number of benzene rings is 3. The molecule has 0 amide bonds. The van der Waals surface area contributed by atoms with Crippen molar-refractivity contribution in [3.8, 4) is 23.0 Å². The summed E-state index contributed by atoms with van der Waals surface area (Å²) in [7, 11) is 1.56. The predicted octanol–water partition coefficient (Wildman–Crippen LogP) is 7.67. The smallest absolute Gasteiger partial charge is 0.343 e. The molecule has 37 heavy (non-hydrogen) atoms. The topological polar surface area (TPSA) is 77.4 Å². The molecule has 3 rings (SSSR count). The van der Waals surface area contributed by atoms with Gasteiger partial charge in [-0.15, -0.1) is 0 Å². The average Bonchev–Trinajstić information content (AvgIpc) is 2.91. The Hall–Kier alpha value is -3.80. The SMILES string of the molecule is CCCCCCOc1cc(C(=O)Oc2ccc(C=Nc3ccc(CCCC)cc3)c(O)c2)ccc1OC. The third-order valence-electron chi connectivity index (χ3n) is 5.98. The number of hydrogen-bond donors (Lipinski definition) is 1. The van der Waals surface area contributed by atoms with Crippen LogP contribution in [-0.2, 0) is 6.42 Å². The molecule has 0 bridgehead atoms. The van der Waals surface area contributed by atoms with Crippen LogP contribution >= 0.6 is 0 Å². The Morgan fingerprint density at radius 2 is 1.68 bits per heavy atom. The molecular formula is C31H37NO5. The summed E-state index contributed by atoms with van der Waals surface area (Å²) < 4.78 is 16.7. The van der Waals surface area contributed by atoms with Crippen molar-refractivity contribution in [2.75, 3.05) is 13.7 Å². The first-order valence-electron chi connectivity index (χ1n) is 13.0. The van der Waals surface area contributed by atoms with Gasteiger partial charge in [0.25, 0.3) is 0 Å². The molecule has 0 atom stereocenters. The Bertz CT molecular complexity index is 1170. The zero-order valence-corrected chi connectivity index (χ0v) is 22.0. The van der Waals surface area contributed by atoms with Gasteiger partial charge < -0.3 is 19.3 Å². The molecule has 3 aromatic rings. The molecule has 0 aromatic heterocycles. The van der Waals surface area contributed by atoms with Crippen LogP contribution in [-0.4, -0.2) is 31.0 Å². The molecular weight excluding hydrogens is 466 g/mol. The van der Waals surface area contributed by atoms with E-state index in [1.807, 2.05) is 12.1 Å². The number of hydrogen-bond acceptors (Lipinski definition) is 6. The van der Waals surface area contributed by atoms with Gasteiger partial charge in [0.05, 0.1) is 25.0 Å². The molecule has 1 N–H and O–H groups in total. The van der Waals surface area contributed by atoms with Crippen molar-refractivity contribution < 1.29 is 24.1 Å². The minimum Gasteiger partial charge on any atom is -0.507 e. The van der Waals surface area contributed by atoms with Crippen molar-refractivity contribution in [1.29, 1.82) is 0 Å². The molecule has 0 fully saturated rings. The molecule has 196 valence electrons. The minimum absolute atomic E-state index is 0.0283. The summed E-state index contributed by atoms with van der Waals surface area (Å²) in [6.07, 6.45) is 9.33. The second kappa shape index (κ2) is 14.7. The van der Waals surface area contributed by atoms with E-state index >= 15 is 0 Å². The van der Waals surface area contributed by atoms with E-state index in [-0.39, 0.29) is 11.5 Å². The number of ether oxygens (including phenoxy) is 3. The van der Waals surface area contributed by atoms with E-state index in [0.717, 1.165) is 37.8 Å². The van der Waals surface area contributed by atoms with E-state index in [9.17, 15) is 9.90 Å². The minimum atomic E-state index is -0.553. The largest absolute Gasteiger partial charge is 0.507 e. The molecule has 0 saturated carbocycles. The second-order valence-electron chi connectivity index (χ2n) is 8.91. The standard InChI is InChI=1S/C31H37NO5/c1-4-6-8-9-19-36-30-20-24(14-18-29(30)35-3)31(34)37-27-17-13-25(28(33)21-27)22-32-26-15-11-23(12-16-26)10-7-5-2/h11-18,20-22,33H,4-10,19H2,1-3H3. The highest BCUT2D eigenvalue weighted by molar-refractivity contribution is 5.92. The van der Waals surface area contributed by atoms with Gasteiger partial charge in [-0.1, -0.05) is 51.7 Å². The number of rotatable bonds is 14. The van der Waals surface area contributed by atoms with Crippen LogP contribution in [0.3, 0.4) is 0 Å². The first kappa shape index (κ1) is 27.8. The van der Waals surface area contributed by atoms with Gasteiger partial charge in [0, 0.05) is 17.8 Å². The van der Waals surface area contributed by atoms with Crippen LogP contribution in [0.15, 0.2) is 65.7 Å². The molecule has 6 nitrogen and oxygen atoms in total. The molecule has 0 aliphatic heterocycles. The number of unbranched alkanes of at least 4 members (excludes halogenated alkanes) is 4. The Balaban J connectivity index is 1.62. The van der Waals surface area contributed by atoms with Crippen LogP contribution in [0.2, 0.25) is 0 Å². The summed E-state index contributed by atoms with van der Waals surface area (Å²) in [6, 6.07) is 17.7. The highest BCUT2D eigenvalue weighted by Gasteiger charge is 2.14. The highest BCUT2D eigenvalue weighted by atomic mass is 16.5. The van der Waals surface area contributed by atoms with Crippen molar-refractivity contribution in [3.63, 3.8) is 0 Å². The number of phenolic OH excluding ortho intramolecular Hbond substituents is 1. The van der Waals surface area contributed by atoms with Gasteiger partial charge in [0.2, 0.25) is 0 Å². The van der Waals surface area contributed by atoms with Gasteiger partial charge in [0.1, 0.15) is 11.5 Å². The fourth-order valence-electron chi connectivity index (χ4n) is 3.76. The Morgan fingerprint density at radius 3 is 2.38 bits per heavy atom. The molecule has 0 saturated heterocycles. The van der Waals surface area contributed by atoms with Crippen molar-refractivity contribution in [3.05, 3.63) is 77.4 Å². The van der Waals surface area contributed by atoms with Crippen molar-refractivity contribution in [2.24, 2.45) is 4.99 Å². The lowest BCUT2D eigenvalue weighted by atomic mass is 10.1. The number of aliphatic imine (C=N–C) groups is 1. The normalized spacial score (nSPS) is 11.0. The maximum atomic E-state index is 12.8. The molecule has 0 aliphatic carbocycles. The number of nitrogens with zero attached hydrogens (tertiary/aromatic N) is 1. The van der Waals surface area contributed by atoms with Crippen molar-refractivity contribution >= 4 is 17.9 Å². The average molecular weight is 504 g/mol. The van der Waals surface area contributed by atoms with Gasteiger partial charge in [-0.2, -0.15) is 0 Å². The summed E-state index contributed by atoms with van der Waals surface area (Å²) in [6.45, 7) is 4.89. The van der Waals surface area contributed by atoms with E-state index in [1.165, 1.54) is 24.5 Å². The summed E-state index contributed by atoms with van der Waals surface area (Å²) in [5.41, 5.74) is 2.95. The lowest BCUT2D eigenvalue weighted by molar-refractivity contribution is 0.0734. The maximum absolute atomic E-state index is 12.8. The number of carbonyl (C=O) groups excluding carboxylic acids is 1. The fraction of sp³-hybridized carbons (Fsp3) is 0.355. The fourth-order valence-corrected chi connectivity index (χ4v) is 3.76. The Kier molecular flexibility index (Phi) is 11.0. The first-order chi connectivity index (χ1) is 18.0. The van der Waals surface area contributed by atoms with Crippen LogP contribution in [0.1, 0.15) is 73.9 Å². The van der Waals surface area contributed by atoms with Crippen molar-refractivity contribution in [2.45, 2.75) is 58.8 Å². The molecule has 0 heterocycles. The number of phenols is 1.